The monoisotopic (exact) mass is 294 g/mol. The molecule has 2 fully saturated rings. The third-order valence-corrected chi connectivity index (χ3v) is 4.69. The van der Waals surface area contributed by atoms with Crippen molar-refractivity contribution in [2.75, 3.05) is 19.6 Å². The number of H-pyrrole nitrogens is 1. The second-order valence-corrected chi connectivity index (χ2v) is 6.11. The Morgan fingerprint density at radius 3 is 2.91 bits per heavy atom. The molecule has 1 unspecified atom stereocenters. The van der Waals surface area contributed by atoms with Gasteiger partial charge in [-0.05, 0) is 25.0 Å². The summed E-state index contributed by atoms with van der Waals surface area (Å²) in [5, 5.41) is 10.5. The van der Waals surface area contributed by atoms with E-state index in [2.05, 4.69) is 16.0 Å². The lowest BCUT2D eigenvalue weighted by Gasteiger charge is -2.38. The topological polar surface area (TPSA) is 63.1 Å². The average Bonchev–Trinajstić information content (AvgIpc) is 3.29. The van der Waals surface area contributed by atoms with Crippen molar-refractivity contribution in [3.63, 3.8) is 0 Å². The predicted molar refractivity (Wildman–Crippen MR) is 83.3 cm³/mol. The van der Waals surface area contributed by atoms with Gasteiger partial charge in [-0.1, -0.05) is 12.1 Å². The molecule has 1 amide bonds. The molecule has 1 saturated heterocycles. The third kappa shape index (κ3) is 2.16. The predicted octanol–water partition coefficient (Wildman–Crippen LogP) is 1.98. The van der Waals surface area contributed by atoms with Gasteiger partial charge in [-0.2, -0.15) is 5.26 Å². The van der Waals surface area contributed by atoms with Crippen molar-refractivity contribution in [3.05, 3.63) is 36.0 Å². The molecule has 2 aromatic rings. The van der Waals surface area contributed by atoms with Crippen molar-refractivity contribution in [2.24, 2.45) is 0 Å². The lowest BCUT2D eigenvalue weighted by molar-refractivity contribution is 0.0552. The molecule has 5 nitrogen and oxygen atoms in total. The van der Waals surface area contributed by atoms with Gasteiger partial charge in [-0.25, -0.2) is 0 Å². The average molecular weight is 294 g/mol. The fourth-order valence-electron chi connectivity index (χ4n) is 3.37. The zero-order valence-electron chi connectivity index (χ0n) is 12.3. The lowest BCUT2D eigenvalue weighted by atomic mass is 10.1. The van der Waals surface area contributed by atoms with Gasteiger partial charge in [-0.15, -0.1) is 0 Å². The molecule has 1 N–H and O–H groups in total. The number of aromatic amines is 1. The molecule has 0 spiro atoms. The van der Waals surface area contributed by atoms with Gasteiger partial charge in [0.2, 0.25) is 0 Å². The first kappa shape index (κ1) is 13.4. The number of piperazine rings is 1. The van der Waals surface area contributed by atoms with Crippen LogP contribution in [0.25, 0.3) is 10.9 Å². The van der Waals surface area contributed by atoms with Gasteiger partial charge in [0.1, 0.15) is 6.04 Å². The normalized spacial score (nSPS) is 22.7. The van der Waals surface area contributed by atoms with Crippen LogP contribution in [0.5, 0.6) is 0 Å². The molecule has 2 aliphatic rings. The fraction of sp³-hybridized carbons (Fsp3) is 0.412. The summed E-state index contributed by atoms with van der Waals surface area (Å²) >= 11 is 0. The minimum atomic E-state index is -0.173. The summed E-state index contributed by atoms with van der Waals surface area (Å²) in [5.74, 6) is 0.0174. The SMILES string of the molecule is N#CC1CN(C(=O)c2cccc3cc[nH]c23)CCN1C1CC1. The molecule has 1 aliphatic heterocycles. The maximum Gasteiger partial charge on any atom is 0.256 e. The van der Waals surface area contributed by atoms with E-state index < -0.39 is 0 Å². The molecule has 4 rings (SSSR count). The molecule has 1 aliphatic carbocycles. The van der Waals surface area contributed by atoms with Gasteiger partial charge in [-0.3, -0.25) is 9.69 Å². The Balaban J connectivity index is 1.58. The van der Waals surface area contributed by atoms with Gasteiger partial charge >= 0.3 is 0 Å². The number of aromatic nitrogens is 1. The van der Waals surface area contributed by atoms with E-state index in [1.807, 2.05) is 35.4 Å². The standard InChI is InChI=1S/C17H18N4O/c18-10-14-11-20(8-9-21(14)13-4-5-13)17(22)15-3-1-2-12-6-7-19-16(12)15/h1-3,6-7,13-14,19H,4-5,8-9,11H2. The van der Waals surface area contributed by atoms with Crippen LogP contribution in [0, 0.1) is 11.3 Å². The van der Waals surface area contributed by atoms with Crippen LogP contribution >= 0.6 is 0 Å². The highest BCUT2D eigenvalue weighted by atomic mass is 16.2. The zero-order valence-corrected chi connectivity index (χ0v) is 12.3. The van der Waals surface area contributed by atoms with Crippen LogP contribution in [0.3, 0.4) is 0 Å². The first-order valence-corrected chi connectivity index (χ1v) is 7.78. The van der Waals surface area contributed by atoms with Crippen LogP contribution in [0.1, 0.15) is 23.2 Å². The molecule has 1 atom stereocenters. The minimum absolute atomic E-state index is 0.0174. The quantitative estimate of drug-likeness (QED) is 0.921. The van der Waals surface area contributed by atoms with E-state index in [-0.39, 0.29) is 11.9 Å². The van der Waals surface area contributed by atoms with E-state index in [1.54, 1.807) is 0 Å². The fourth-order valence-corrected chi connectivity index (χ4v) is 3.37. The van der Waals surface area contributed by atoms with Crippen LogP contribution in [0.15, 0.2) is 30.5 Å². The Labute approximate surface area is 129 Å². The summed E-state index contributed by atoms with van der Waals surface area (Å²) in [6.45, 7) is 2.00. The number of para-hydroxylation sites is 1. The molecule has 22 heavy (non-hydrogen) atoms. The third-order valence-electron chi connectivity index (χ3n) is 4.69. The second-order valence-electron chi connectivity index (χ2n) is 6.11. The van der Waals surface area contributed by atoms with Crippen molar-refractivity contribution in [1.29, 1.82) is 5.26 Å². The van der Waals surface area contributed by atoms with Gasteiger partial charge in [0, 0.05) is 37.3 Å². The number of hydrogen-bond acceptors (Lipinski definition) is 3. The van der Waals surface area contributed by atoms with Crippen LogP contribution in [0.2, 0.25) is 0 Å². The number of nitrogens with zero attached hydrogens (tertiary/aromatic N) is 3. The highest BCUT2D eigenvalue weighted by molar-refractivity contribution is 6.05. The Kier molecular flexibility index (Phi) is 3.12. The van der Waals surface area contributed by atoms with Crippen LogP contribution in [0.4, 0.5) is 0 Å². The Hall–Kier alpha value is -2.32. The highest BCUT2D eigenvalue weighted by Gasteiger charge is 2.38. The summed E-state index contributed by atoms with van der Waals surface area (Å²) < 4.78 is 0. The number of nitriles is 1. The van der Waals surface area contributed by atoms with E-state index in [0.717, 1.165) is 17.4 Å². The summed E-state index contributed by atoms with van der Waals surface area (Å²) in [7, 11) is 0. The lowest BCUT2D eigenvalue weighted by Crippen LogP contribution is -2.54. The number of amides is 1. The van der Waals surface area contributed by atoms with Crippen LogP contribution in [-0.2, 0) is 0 Å². The maximum atomic E-state index is 12.8. The van der Waals surface area contributed by atoms with E-state index in [9.17, 15) is 10.1 Å². The molecule has 1 aromatic carbocycles. The zero-order chi connectivity index (χ0) is 15.1. The molecular weight excluding hydrogens is 276 g/mol. The van der Waals surface area contributed by atoms with E-state index in [4.69, 9.17) is 0 Å². The van der Waals surface area contributed by atoms with E-state index in [1.165, 1.54) is 12.8 Å². The molecule has 2 heterocycles. The highest BCUT2D eigenvalue weighted by Crippen LogP contribution is 2.30. The Bertz CT molecular complexity index is 755. The molecule has 5 heteroatoms. The minimum Gasteiger partial charge on any atom is -0.361 e. The van der Waals surface area contributed by atoms with Crippen molar-refractivity contribution >= 4 is 16.8 Å². The molecule has 0 radical (unpaired) electrons. The van der Waals surface area contributed by atoms with Crippen molar-refractivity contribution in [3.8, 4) is 6.07 Å². The molecular formula is C17H18N4O. The van der Waals surface area contributed by atoms with E-state index >= 15 is 0 Å². The van der Waals surface area contributed by atoms with E-state index in [0.29, 0.717) is 24.7 Å². The maximum absolute atomic E-state index is 12.8. The molecule has 112 valence electrons. The van der Waals surface area contributed by atoms with Crippen molar-refractivity contribution in [2.45, 2.75) is 24.9 Å². The Morgan fingerprint density at radius 2 is 2.14 bits per heavy atom. The number of carbonyl (C=O) groups excluding carboxylic acids is 1. The van der Waals surface area contributed by atoms with Gasteiger partial charge in [0.25, 0.3) is 5.91 Å². The van der Waals surface area contributed by atoms with Crippen LogP contribution < -0.4 is 0 Å². The number of hydrogen-bond donors (Lipinski definition) is 1. The first-order valence-electron chi connectivity index (χ1n) is 7.78. The van der Waals surface area contributed by atoms with Crippen molar-refractivity contribution < 1.29 is 4.79 Å². The number of nitrogens with one attached hydrogen (secondary N) is 1. The van der Waals surface area contributed by atoms with Gasteiger partial charge < -0.3 is 9.88 Å². The molecule has 0 bridgehead atoms. The largest absolute Gasteiger partial charge is 0.361 e. The van der Waals surface area contributed by atoms with Crippen molar-refractivity contribution in [1.82, 2.24) is 14.8 Å². The first-order chi connectivity index (χ1) is 10.8. The second kappa shape index (κ2) is 5.15. The summed E-state index contributed by atoms with van der Waals surface area (Å²) in [4.78, 5) is 20.1. The number of carbonyl (C=O) groups is 1. The summed E-state index contributed by atoms with van der Waals surface area (Å²) in [6, 6.07) is 10.5. The van der Waals surface area contributed by atoms with Gasteiger partial charge in [0.05, 0.1) is 17.1 Å². The summed E-state index contributed by atoms with van der Waals surface area (Å²) in [6.07, 6.45) is 4.23. The number of fused-ring (bicyclic) bond motifs is 1. The van der Waals surface area contributed by atoms with Gasteiger partial charge in [0.15, 0.2) is 0 Å². The molecule has 1 saturated carbocycles. The number of benzene rings is 1. The Morgan fingerprint density at radius 1 is 1.27 bits per heavy atom. The molecule has 1 aromatic heterocycles. The number of rotatable bonds is 2. The smallest absolute Gasteiger partial charge is 0.256 e. The van der Waals surface area contributed by atoms with Crippen LogP contribution in [-0.4, -0.2) is 52.4 Å². The summed E-state index contributed by atoms with van der Waals surface area (Å²) in [5.41, 5.74) is 1.57.